The van der Waals surface area contributed by atoms with Crippen LogP contribution in [0.3, 0.4) is 0 Å². The molecule has 15 heavy (non-hydrogen) atoms. The van der Waals surface area contributed by atoms with Crippen molar-refractivity contribution in [3.05, 3.63) is 0 Å². The van der Waals surface area contributed by atoms with Crippen LogP contribution >= 0.6 is 6.98 Å². The Hall–Kier alpha value is -0.0900. The smallest absolute Gasteiger partial charge is 0.179 e. The Bertz CT molecular complexity index is 385. The third-order valence-corrected chi connectivity index (χ3v) is 10.4. The highest BCUT2D eigenvalue weighted by atomic mass is 33.1. The molecule has 0 aliphatic heterocycles. The number of halogens is 6. The van der Waals surface area contributed by atoms with Crippen LogP contribution in [0.15, 0.2) is 0 Å². The molecule has 0 rings (SSSR count). The molecular weight excluding hydrogens is 297 g/mol. The van der Waals surface area contributed by atoms with Crippen molar-refractivity contribution in [1.82, 2.24) is 0 Å². The van der Waals surface area contributed by atoms with Crippen LogP contribution in [-0.4, -0.2) is 27.9 Å². The molecule has 0 heterocycles. The molecule has 0 fully saturated rings. The van der Waals surface area contributed by atoms with Crippen LogP contribution in [0, 0.1) is 0 Å². The fraction of sp³-hybridized carbons (Fsp3) is 1.00. The molecule has 0 atom stereocenters. The summed E-state index contributed by atoms with van der Waals surface area (Å²) in [6.45, 7) is -3.88. The lowest BCUT2D eigenvalue weighted by Crippen LogP contribution is -2.25. The molecule has 0 saturated heterocycles. The highest BCUT2D eigenvalue weighted by molar-refractivity contribution is 8.76. The van der Waals surface area contributed by atoms with E-state index in [2.05, 4.69) is 0 Å². The molecule has 0 unspecified atom stereocenters. The van der Waals surface area contributed by atoms with Gasteiger partial charge in [0.15, 0.2) is 0 Å². The highest BCUT2D eigenvalue weighted by Gasteiger charge is 2.61. The lowest BCUT2D eigenvalue weighted by molar-refractivity contribution is -0.0416. The molecule has 0 aliphatic carbocycles. The first-order chi connectivity index (χ1) is 6.21. The van der Waals surface area contributed by atoms with Gasteiger partial charge in [0.05, 0.1) is 0 Å². The van der Waals surface area contributed by atoms with Crippen molar-refractivity contribution in [3.63, 3.8) is 0 Å². The Labute approximate surface area is 80.8 Å². The molecule has 0 saturated carbocycles. The largest absolute Gasteiger partial charge is 0.531 e. The second kappa shape index (κ2) is 3.74. The molecule has 13 heteroatoms. The third-order valence-electron chi connectivity index (χ3n) is 0.899. The quantitative estimate of drug-likeness (QED) is 0.565. The molecule has 0 aromatic carbocycles. The van der Waals surface area contributed by atoms with Gasteiger partial charge in [-0.15, -0.1) is 0 Å². The zero-order chi connectivity index (χ0) is 12.7. The molecular formula is C2H2F6O4PS2+. The highest BCUT2D eigenvalue weighted by Crippen LogP contribution is 2.46. The molecule has 0 aromatic heterocycles. The monoisotopic (exact) mass is 299 g/mol. The van der Waals surface area contributed by atoms with Crippen molar-refractivity contribution >= 4 is 25.9 Å². The number of rotatable bonds is 2. The first-order valence-electron chi connectivity index (χ1n) is 2.68. The molecule has 0 spiro atoms. The standard InChI is InChI=1S/C2HF6O4PS2/c3-1(4,5)14(9,10)13-15(11,12)2(6,7)8/h13H/p+1. The van der Waals surface area contributed by atoms with Crippen molar-refractivity contribution in [2.75, 3.05) is 0 Å². The van der Waals surface area contributed by atoms with Gasteiger partial charge < -0.3 is 0 Å². The van der Waals surface area contributed by atoms with Gasteiger partial charge in [0, 0.05) is 0 Å². The minimum atomic E-state index is -6.26. The molecule has 0 N–H and O–H groups in total. The Morgan fingerprint density at radius 3 is 1.00 bits per heavy atom. The Balaban J connectivity index is 5.28. The summed E-state index contributed by atoms with van der Waals surface area (Å²) in [6, 6.07) is 0. The van der Waals surface area contributed by atoms with Crippen molar-refractivity contribution in [2.45, 2.75) is 11.0 Å². The van der Waals surface area contributed by atoms with Crippen LogP contribution in [-0.2, 0) is 18.9 Å². The van der Waals surface area contributed by atoms with E-state index < -0.39 is 36.9 Å². The van der Waals surface area contributed by atoms with Gasteiger partial charge in [-0.2, -0.15) is 43.2 Å². The first kappa shape index (κ1) is 14.9. The topological polar surface area (TPSA) is 68.3 Å². The summed E-state index contributed by atoms with van der Waals surface area (Å²) in [5.41, 5.74) is -12.0. The normalized spacial score (nSPS) is 15.3. The zero-order valence-corrected chi connectivity index (χ0v) is 9.08. The molecule has 92 valence electrons. The van der Waals surface area contributed by atoms with Gasteiger partial charge in [0.1, 0.15) is 0 Å². The minimum absolute atomic E-state index is 3.88. The average Bonchev–Trinajstić information content (AvgIpc) is 1.77. The van der Waals surface area contributed by atoms with Crippen LogP contribution in [0.4, 0.5) is 26.3 Å². The second-order valence-corrected chi connectivity index (χ2v) is 11.4. The van der Waals surface area contributed by atoms with Gasteiger partial charge in [-0.05, 0) is 0 Å². The van der Waals surface area contributed by atoms with E-state index >= 15 is 0 Å². The summed E-state index contributed by atoms with van der Waals surface area (Å²) < 4.78 is 110. The van der Waals surface area contributed by atoms with E-state index in [1.54, 1.807) is 0 Å². The van der Waals surface area contributed by atoms with Crippen LogP contribution in [0.1, 0.15) is 0 Å². The third kappa shape index (κ3) is 3.45. The van der Waals surface area contributed by atoms with Gasteiger partial charge in [0.25, 0.3) is 0 Å². The SMILES string of the molecule is O=S(=O)([PH2+]S(=O)(=O)C(F)(F)F)C(F)(F)F. The first-order valence-corrected chi connectivity index (χ1v) is 8.60. The maximum absolute atomic E-state index is 11.6. The molecule has 0 bridgehead atoms. The van der Waals surface area contributed by atoms with E-state index in [0.717, 1.165) is 0 Å². The number of hydrogen-bond donors (Lipinski definition) is 0. The van der Waals surface area contributed by atoms with Gasteiger partial charge in [-0.25, -0.2) is 0 Å². The van der Waals surface area contributed by atoms with E-state index in [4.69, 9.17) is 0 Å². The summed E-state index contributed by atoms with van der Waals surface area (Å²) >= 11 is 0. The van der Waals surface area contributed by atoms with Crippen LogP contribution in [0.5, 0.6) is 0 Å². The lowest BCUT2D eigenvalue weighted by Gasteiger charge is -2.05. The van der Waals surface area contributed by atoms with Crippen molar-refractivity contribution in [3.8, 4) is 0 Å². The lowest BCUT2D eigenvalue weighted by atomic mass is 11.6. The van der Waals surface area contributed by atoms with Crippen molar-refractivity contribution in [1.29, 1.82) is 0 Å². The average molecular weight is 299 g/mol. The maximum Gasteiger partial charge on any atom is 0.531 e. The van der Waals surface area contributed by atoms with Crippen LogP contribution in [0.2, 0.25) is 0 Å². The molecule has 0 amide bonds. The van der Waals surface area contributed by atoms with Crippen molar-refractivity contribution < 1.29 is 43.2 Å². The minimum Gasteiger partial charge on any atom is -0.179 e. The van der Waals surface area contributed by atoms with Gasteiger partial charge >= 0.3 is 29.9 Å². The van der Waals surface area contributed by atoms with Crippen molar-refractivity contribution in [2.24, 2.45) is 0 Å². The van der Waals surface area contributed by atoms with E-state index in [-0.39, 0.29) is 0 Å². The number of alkyl halides is 6. The van der Waals surface area contributed by atoms with Crippen LogP contribution in [0.25, 0.3) is 0 Å². The summed E-state index contributed by atoms with van der Waals surface area (Å²) in [6.07, 6.45) is 0. The Kier molecular flexibility index (Phi) is 3.71. The molecule has 4 nitrogen and oxygen atoms in total. The summed E-state index contributed by atoms with van der Waals surface area (Å²) in [5.74, 6) is 0. The summed E-state index contributed by atoms with van der Waals surface area (Å²) in [5, 5.41) is 0. The predicted octanol–water partition coefficient (Wildman–Crippen LogP) is 1.10. The van der Waals surface area contributed by atoms with Crippen LogP contribution < -0.4 is 0 Å². The van der Waals surface area contributed by atoms with Gasteiger partial charge in [-0.3, -0.25) is 0 Å². The zero-order valence-electron chi connectivity index (χ0n) is 6.29. The molecule has 0 aromatic rings. The van der Waals surface area contributed by atoms with E-state index in [0.29, 0.717) is 0 Å². The van der Waals surface area contributed by atoms with Gasteiger partial charge in [0.2, 0.25) is 6.98 Å². The Morgan fingerprint density at radius 2 is 0.867 bits per heavy atom. The summed E-state index contributed by atoms with van der Waals surface area (Å²) in [7, 11) is -12.5. The molecule has 0 radical (unpaired) electrons. The van der Waals surface area contributed by atoms with E-state index in [1.807, 2.05) is 0 Å². The second-order valence-electron chi connectivity index (χ2n) is 2.08. The van der Waals surface area contributed by atoms with Gasteiger partial charge in [-0.1, -0.05) is 0 Å². The number of hydrogen-bond acceptors (Lipinski definition) is 4. The maximum atomic E-state index is 11.6. The van der Waals surface area contributed by atoms with E-state index in [1.165, 1.54) is 0 Å². The Morgan fingerprint density at radius 1 is 0.667 bits per heavy atom. The fourth-order valence-electron chi connectivity index (χ4n) is 0.276. The van der Waals surface area contributed by atoms with E-state index in [9.17, 15) is 43.2 Å². The predicted molar refractivity (Wildman–Crippen MR) is 39.7 cm³/mol. The summed E-state index contributed by atoms with van der Waals surface area (Å²) in [4.78, 5) is 0. The fourth-order valence-corrected chi connectivity index (χ4v) is 7.45. The molecule has 0 aliphatic rings.